The average Bonchev–Trinajstić information content (AvgIpc) is 2.66. The Morgan fingerprint density at radius 3 is 1.36 bits per heavy atom. The first-order valence-corrected chi connectivity index (χ1v) is 12.5. The Bertz CT molecular complexity index is 284. The van der Waals surface area contributed by atoms with Crippen molar-refractivity contribution in [2.45, 2.75) is 149 Å². The minimum atomic E-state index is -0.0389. The topological polar surface area (TPSA) is 52.3 Å². The second kappa shape index (κ2) is 26.4. The molecule has 0 amide bonds. The van der Waals surface area contributed by atoms with Crippen molar-refractivity contribution in [3.05, 3.63) is 0 Å². The lowest BCUT2D eigenvalue weighted by molar-refractivity contribution is -0.147. The Morgan fingerprint density at radius 1 is 0.643 bits per heavy atom. The zero-order valence-corrected chi connectivity index (χ0v) is 19.9. The van der Waals surface area contributed by atoms with E-state index >= 15 is 0 Å². The molecule has 0 saturated heterocycles. The van der Waals surface area contributed by atoms with Gasteiger partial charge in [-0.25, -0.2) is 0 Å². The van der Waals surface area contributed by atoms with Gasteiger partial charge < -0.3 is 10.5 Å². The normalized spacial score (nSPS) is 10.6. The summed E-state index contributed by atoms with van der Waals surface area (Å²) >= 11 is 0. The Morgan fingerprint density at radius 2 is 1.00 bits per heavy atom. The van der Waals surface area contributed by atoms with Crippen molar-refractivity contribution < 1.29 is 9.53 Å². The van der Waals surface area contributed by atoms with Crippen LogP contribution in [0.1, 0.15) is 143 Å². The molecule has 3 nitrogen and oxygen atoms in total. The molecule has 0 saturated carbocycles. The quantitative estimate of drug-likeness (QED) is 0.177. The molecular weight excluding hydrogens is 346 g/mol. The fourth-order valence-corrected chi connectivity index (χ4v) is 3.18. The van der Waals surface area contributed by atoms with Crippen LogP contribution in [0.15, 0.2) is 0 Å². The van der Waals surface area contributed by atoms with Crippen molar-refractivity contribution in [1.82, 2.24) is 0 Å². The molecule has 2 N–H and O–H groups in total. The molecule has 0 spiro atoms. The summed E-state index contributed by atoms with van der Waals surface area (Å²) in [6, 6.07) is 0. The molecule has 170 valence electrons. The van der Waals surface area contributed by atoms with Crippen LogP contribution in [0, 0.1) is 0 Å². The highest BCUT2D eigenvalue weighted by Crippen LogP contribution is 2.11. The van der Waals surface area contributed by atoms with E-state index in [9.17, 15) is 4.79 Å². The summed E-state index contributed by atoms with van der Waals surface area (Å²) in [7, 11) is 0. The minimum absolute atomic E-state index is 0.0288. The summed E-state index contributed by atoms with van der Waals surface area (Å²) in [6.07, 6.45) is 23.2. The van der Waals surface area contributed by atoms with E-state index in [-0.39, 0.29) is 12.1 Å². The van der Waals surface area contributed by atoms with Gasteiger partial charge in [0.25, 0.3) is 0 Å². The van der Waals surface area contributed by atoms with E-state index in [1.54, 1.807) is 0 Å². The SMILES string of the molecule is CCCCCCCCCCCC(=O)OC(C)C.CCCCCCCCCCN. The van der Waals surface area contributed by atoms with Crippen molar-refractivity contribution in [3.63, 3.8) is 0 Å². The molecular formula is C25H53NO2. The van der Waals surface area contributed by atoms with E-state index in [0.717, 1.165) is 13.0 Å². The molecule has 0 atom stereocenters. The molecule has 0 aromatic rings. The molecule has 0 radical (unpaired) electrons. The summed E-state index contributed by atoms with van der Waals surface area (Å²) in [5.41, 5.74) is 5.39. The molecule has 0 aromatic carbocycles. The molecule has 28 heavy (non-hydrogen) atoms. The van der Waals surface area contributed by atoms with Gasteiger partial charge in [-0.3, -0.25) is 4.79 Å². The van der Waals surface area contributed by atoms with Crippen LogP contribution in [0.25, 0.3) is 0 Å². The number of carbonyl (C=O) groups is 1. The minimum Gasteiger partial charge on any atom is -0.463 e. The maximum Gasteiger partial charge on any atom is 0.306 e. The smallest absolute Gasteiger partial charge is 0.306 e. The van der Waals surface area contributed by atoms with Crippen LogP contribution in [-0.2, 0) is 9.53 Å². The van der Waals surface area contributed by atoms with E-state index in [2.05, 4.69) is 13.8 Å². The standard InChI is InChI=1S/C15H30O2.C10H23N/c1-4-5-6-7-8-9-10-11-12-13-15(16)17-14(2)3;1-2-3-4-5-6-7-8-9-10-11/h14H,4-13H2,1-3H3;2-11H2,1H3. The molecule has 0 unspecified atom stereocenters. The first kappa shape index (κ1) is 29.6. The highest BCUT2D eigenvalue weighted by molar-refractivity contribution is 5.69. The van der Waals surface area contributed by atoms with Gasteiger partial charge in [0, 0.05) is 6.42 Å². The van der Waals surface area contributed by atoms with Gasteiger partial charge in [0.1, 0.15) is 0 Å². The van der Waals surface area contributed by atoms with Crippen molar-refractivity contribution in [3.8, 4) is 0 Å². The van der Waals surface area contributed by atoms with Gasteiger partial charge in [0.2, 0.25) is 0 Å². The third-order valence-corrected chi connectivity index (χ3v) is 4.91. The van der Waals surface area contributed by atoms with Gasteiger partial charge in [-0.05, 0) is 33.2 Å². The van der Waals surface area contributed by atoms with Crippen molar-refractivity contribution in [2.24, 2.45) is 5.73 Å². The number of nitrogens with two attached hydrogens (primary N) is 1. The fourth-order valence-electron chi connectivity index (χ4n) is 3.18. The highest BCUT2D eigenvalue weighted by Gasteiger charge is 2.04. The van der Waals surface area contributed by atoms with Crippen LogP contribution in [0.2, 0.25) is 0 Å². The van der Waals surface area contributed by atoms with Crippen LogP contribution in [0.4, 0.5) is 0 Å². The summed E-state index contributed by atoms with van der Waals surface area (Å²) < 4.78 is 5.08. The lowest BCUT2D eigenvalue weighted by Gasteiger charge is -2.07. The van der Waals surface area contributed by atoms with Gasteiger partial charge in [-0.15, -0.1) is 0 Å². The molecule has 0 heterocycles. The Hall–Kier alpha value is -0.570. The molecule has 3 heteroatoms. The third-order valence-electron chi connectivity index (χ3n) is 4.91. The van der Waals surface area contributed by atoms with E-state index in [1.165, 1.54) is 103 Å². The predicted octanol–water partition coefficient (Wildman–Crippen LogP) is 7.94. The Balaban J connectivity index is 0. The maximum absolute atomic E-state index is 11.2. The number of unbranched alkanes of at least 4 members (excludes halogenated alkanes) is 15. The van der Waals surface area contributed by atoms with Crippen LogP contribution in [0.3, 0.4) is 0 Å². The average molecular weight is 400 g/mol. The zero-order chi connectivity index (χ0) is 21.3. The van der Waals surface area contributed by atoms with Gasteiger partial charge in [0.15, 0.2) is 0 Å². The maximum atomic E-state index is 11.2. The third kappa shape index (κ3) is 30.2. The lowest BCUT2D eigenvalue weighted by Crippen LogP contribution is -2.10. The molecule has 0 fully saturated rings. The van der Waals surface area contributed by atoms with Gasteiger partial charge in [0.05, 0.1) is 6.10 Å². The second-order valence-electron chi connectivity index (χ2n) is 8.38. The molecule has 0 aliphatic carbocycles. The Labute approximate surface area is 177 Å². The second-order valence-corrected chi connectivity index (χ2v) is 8.38. The van der Waals surface area contributed by atoms with Gasteiger partial charge in [-0.1, -0.05) is 110 Å². The van der Waals surface area contributed by atoms with Crippen molar-refractivity contribution >= 4 is 5.97 Å². The van der Waals surface area contributed by atoms with Crippen molar-refractivity contribution in [1.29, 1.82) is 0 Å². The monoisotopic (exact) mass is 399 g/mol. The molecule has 0 rings (SSSR count). The van der Waals surface area contributed by atoms with Crippen molar-refractivity contribution in [2.75, 3.05) is 6.54 Å². The summed E-state index contributed by atoms with van der Waals surface area (Å²) in [6.45, 7) is 9.17. The van der Waals surface area contributed by atoms with Gasteiger partial charge in [-0.2, -0.15) is 0 Å². The zero-order valence-electron chi connectivity index (χ0n) is 19.9. The largest absolute Gasteiger partial charge is 0.463 e. The lowest BCUT2D eigenvalue weighted by atomic mass is 10.1. The summed E-state index contributed by atoms with van der Waals surface area (Å²) in [5.74, 6) is -0.0389. The van der Waals surface area contributed by atoms with E-state index in [1.807, 2.05) is 13.8 Å². The number of ether oxygens (including phenoxy) is 1. The molecule has 0 aliphatic rings. The highest BCUT2D eigenvalue weighted by atomic mass is 16.5. The van der Waals surface area contributed by atoms with Crippen LogP contribution in [0.5, 0.6) is 0 Å². The summed E-state index contributed by atoms with van der Waals surface area (Å²) in [5, 5.41) is 0. The summed E-state index contributed by atoms with van der Waals surface area (Å²) in [4.78, 5) is 11.2. The first-order chi connectivity index (χ1) is 13.6. The van der Waals surface area contributed by atoms with Crippen LogP contribution < -0.4 is 5.73 Å². The van der Waals surface area contributed by atoms with Crippen LogP contribution in [-0.4, -0.2) is 18.6 Å². The van der Waals surface area contributed by atoms with Gasteiger partial charge >= 0.3 is 5.97 Å². The molecule has 0 bridgehead atoms. The first-order valence-electron chi connectivity index (χ1n) is 12.5. The fraction of sp³-hybridized carbons (Fsp3) is 0.960. The Kier molecular flexibility index (Phi) is 28.0. The number of esters is 1. The van der Waals surface area contributed by atoms with Crippen LogP contribution >= 0.6 is 0 Å². The molecule has 0 aliphatic heterocycles. The van der Waals surface area contributed by atoms with E-state index < -0.39 is 0 Å². The van der Waals surface area contributed by atoms with E-state index in [0.29, 0.717) is 6.42 Å². The predicted molar refractivity (Wildman–Crippen MR) is 125 cm³/mol. The van der Waals surface area contributed by atoms with E-state index in [4.69, 9.17) is 10.5 Å². The number of hydrogen-bond acceptors (Lipinski definition) is 3. The number of carbonyl (C=O) groups excluding carboxylic acids is 1. The molecule has 0 aromatic heterocycles. The number of rotatable bonds is 19. The number of hydrogen-bond donors (Lipinski definition) is 1.